The molecule has 51 heavy (non-hydrogen) atoms. The molecule has 7 rings (SSSR count). The first kappa shape index (κ1) is 35.4. The number of halogens is 1. The van der Waals surface area contributed by atoms with Gasteiger partial charge in [0.1, 0.15) is 18.0 Å². The van der Waals surface area contributed by atoms with Crippen LogP contribution in [0.25, 0.3) is 0 Å². The first-order valence-electron chi connectivity index (χ1n) is 17.8. The Balaban J connectivity index is 1.29. The lowest BCUT2D eigenvalue weighted by Crippen LogP contribution is -2.66. The van der Waals surface area contributed by atoms with E-state index in [1.54, 1.807) is 0 Å². The molecule has 2 fully saturated rings. The lowest BCUT2D eigenvalue weighted by molar-refractivity contribution is -0.232. The third-order valence-electron chi connectivity index (χ3n) is 10.5. The number of hydrogen-bond donors (Lipinski definition) is 2. The Hall–Kier alpha value is -4.01. The van der Waals surface area contributed by atoms with Crippen molar-refractivity contribution < 1.29 is 29.2 Å². The molecule has 2 bridgehead atoms. The molecule has 0 aliphatic heterocycles. The van der Waals surface area contributed by atoms with Crippen molar-refractivity contribution in [1.29, 1.82) is 0 Å². The highest BCUT2D eigenvalue weighted by Crippen LogP contribution is 2.56. The molecule has 0 amide bonds. The van der Waals surface area contributed by atoms with E-state index in [9.17, 15) is 10.2 Å². The predicted octanol–water partition coefficient (Wildman–Crippen LogP) is 8.08. The molecule has 0 aromatic heterocycles. The van der Waals surface area contributed by atoms with E-state index in [4.69, 9.17) is 30.5 Å². The molecular weight excluding hydrogens is 660 g/mol. The zero-order chi connectivity index (χ0) is 35.2. The minimum absolute atomic E-state index is 0.264. The molecule has 7 heteroatoms. The van der Waals surface area contributed by atoms with Gasteiger partial charge in [-0.25, -0.2) is 0 Å². The van der Waals surface area contributed by atoms with Gasteiger partial charge in [0.2, 0.25) is 0 Å². The molecule has 3 unspecified atom stereocenters. The minimum Gasteiger partial charge on any atom is -0.494 e. The quantitative estimate of drug-likeness (QED) is 0.122. The first-order chi connectivity index (χ1) is 25.0. The monoisotopic (exact) mass is 704 g/mol. The molecule has 5 aromatic rings. The van der Waals surface area contributed by atoms with Gasteiger partial charge in [-0.2, -0.15) is 0 Å². The molecule has 2 saturated carbocycles. The van der Waals surface area contributed by atoms with Gasteiger partial charge in [-0.1, -0.05) is 127 Å². The maximum Gasteiger partial charge on any atom is 0.119 e. The predicted molar refractivity (Wildman–Crippen MR) is 199 cm³/mol. The van der Waals surface area contributed by atoms with Crippen LogP contribution in [0.15, 0.2) is 133 Å². The van der Waals surface area contributed by atoms with E-state index in [0.29, 0.717) is 37.7 Å². The summed E-state index contributed by atoms with van der Waals surface area (Å²) < 4.78 is 26.2. The van der Waals surface area contributed by atoms with E-state index in [-0.39, 0.29) is 6.61 Å². The largest absolute Gasteiger partial charge is 0.494 e. The normalized spacial score (nSPS) is 25.5. The van der Waals surface area contributed by atoms with Gasteiger partial charge in [-0.15, -0.1) is 0 Å². The molecular formula is C44H45ClO6. The second-order valence-electron chi connectivity index (χ2n) is 13.6. The van der Waals surface area contributed by atoms with Gasteiger partial charge in [0.15, 0.2) is 0 Å². The second kappa shape index (κ2) is 16.1. The zero-order valence-corrected chi connectivity index (χ0v) is 29.6. The fourth-order valence-corrected chi connectivity index (χ4v) is 8.20. The number of fused-ring (bicyclic) bond motifs is 2. The van der Waals surface area contributed by atoms with Crippen LogP contribution < -0.4 is 4.74 Å². The smallest absolute Gasteiger partial charge is 0.119 e. The Bertz CT molecular complexity index is 1840. The van der Waals surface area contributed by atoms with Gasteiger partial charge in [0.05, 0.1) is 50.2 Å². The highest BCUT2D eigenvalue weighted by atomic mass is 35.5. The standard InChI is InChI=1S/C44H45ClO6/c1-2-48-36-21-18-30(19-22-36)24-34-25-35(20-23-38(34)45)44-39(46)26-37(42(44)47)40(49-27-31-12-6-3-7-13-31)41(50-28-32-14-8-4-9-15-32)43(44)51-29-33-16-10-5-11-17-33/h3-23,25,37,39-43,46-47H,2,24,26-29H2,1H3/t37-,39?,40?,41-,42?,43-,44-/m0/s1. The van der Waals surface area contributed by atoms with Crippen LogP contribution in [-0.4, -0.2) is 47.3 Å². The maximum absolute atomic E-state index is 12.5. The Morgan fingerprint density at radius 1 is 0.647 bits per heavy atom. The second-order valence-corrected chi connectivity index (χ2v) is 14.0. The fraction of sp³-hybridized carbons (Fsp3) is 0.318. The third-order valence-corrected chi connectivity index (χ3v) is 10.8. The summed E-state index contributed by atoms with van der Waals surface area (Å²) in [5.41, 5.74) is 4.52. The summed E-state index contributed by atoms with van der Waals surface area (Å²) in [6, 6.07) is 43.8. The van der Waals surface area contributed by atoms with Crippen molar-refractivity contribution in [2.45, 2.75) is 75.5 Å². The molecule has 2 aliphatic carbocycles. The van der Waals surface area contributed by atoms with Crippen LogP contribution in [0.2, 0.25) is 5.02 Å². The highest BCUT2D eigenvalue weighted by Gasteiger charge is 2.69. The number of rotatable bonds is 14. The molecule has 0 spiro atoms. The van der Waals surface area contributed by atoms with E-state index in [1.807, 2.05) is 140 Å². The molecule has 6 nitrogen and oxygen atoms in total. The third kappa shape index (κ3) is 7.49. The summed E-state index contributed by atoms with van der Waals surface area (Å²) in [5.74, 6) is 0.403. The van der Waals surface area contributed by atoms with Crippen molar-refractivity contribution >= 4 is 11.6 Å². The maximum atomic E-state index is 12.5. The van der Waals surface area contributed by atoms with Gasteiger partial charge in [0, 0.05) is 10.9 Å². The van der Waals surface area contributed by atoms with E-state index >= 15 is 0 Å². The molecule has 0 heterocycles. The minimum atomic E-state index is -1.22. The van der Waals surface area contributed by atoms with Crippen LogP contribution in [0, 0.1) is 5.92 Å². The van der Waals surface area contributed by atoms with Crippen LogP contribution >= 0.6 is 11.6 Å². The molecule has 5 aromatic carbocycles. The number of benzene rings is 5. The SMILES string of the molecule is CCOc1ccc(Cc2cc([C@@]34C(O)C[C@@H](C(OCc5ccccc5)[C@H](OCc5ccccc5)[C@@H]3OCc3ccccc3)C4O)ccc2Cl)cc1. The zero-order valence-electron chi connectivity index (χ0n) is 28.8. The van der Waals surface area contributed by atoms with Gasteiger partial charge < -0.3 is 29.2 Å². The Kier molecular flexibility index (Phi) is 11.2. The van der Waals surface area contributed by atoms with Crippen molar-refractivity contribution in [2.24, 2.45) is 5.92 Å². The molecule has 7 atom stereocenters. The van der Waals surface area contributed by atoms with Gasteiger partial charge >= 0.3 is 0 Å². The summed E-state index contributed by atoms with van der Waals surface area (Å²) in [4.78, 5) is 0. The van der Waals surface area contributed by atoms with E-state index in [0.717, 1.165) is 39.1 Å². The van der Waals surface area contributed by atoms with Gasteiger partial charge in [-0.05, 0) is 71.3 Å². The van der Waals surface area contributed by atoms with Crippen molar-refractivity contribution in [1.82, 2.24) is 0 Å². The van der Waals surface area contributed by atoms with Gasteiger partial charge in [0.25, 0.3) is 0 Å². The summed E-state index contributed by atoms with van der Waals surface area (Å²) in [5, 5.41) is 25.4. The Labute approximate surface area is 305 Å². The molecule has 0 saturated heterocycles. The fourth-order valence-electron chi connectivity index (χ4n) is 8.02. The number of aliphatic hydroxyl groups is 2. The van der Waals surface area contributed by atoms with Crippen molar-refractivity contribution in [3.63, 3.8) is 0 Å². The molecule has 0 radical (unpaired) electrons. The molecule has 264 valence electrons. The van der Waals surface area contributed by atoms with Crippen LogP contribution in [-0.2, 0) is 45.9 Å². The van der Waals surface area contributed by atoms with Crippen LogP contribution in [0.1, 0.15) is 46.7 Å². The van der Waals surface area contributed by atoms with Crippen molar-refractivity contribution in [3.8, 4) is 5.75 Å². The molecule has 2 aliphatic rings. The summed E-state index contributed by atoms with van der Waals surface area (Å²) in [6.45, 7) is 3.48. The van der Waals surface area contributed by atoms with E-state index < -0.39 is 41.9 Å². The van der Waals surface area contributed by atoms with E-state index in [1.165, 1.54) is 0 Å². The van der Waals surface area contributed by atoms with Crippen LogP contribution in [0.3, 0.4) is 0 Å². The van der Waals surface area contributed by atoms with Crippen molar-refractivity contribution in [3.05, 3.63) is 172 Å². The summed E-state index contributed by atoms with van der Waals surface area (Å²) in [6.07, 6.45) is -2.97. The average molecular weight is 705 g/mol. The molecule has 2 N–H and O–H groups in total. The number of ether oxygens (including phenoxy) is 4. The highest BCUT2D eigenvalue weighted by molar-refractivity contribution is 6.31. The van der Waals surface area contributed by atoms with Crippen molar-refractivity contribution in [2.75, 3.05) is 6.61 Å². The lowest BCUT2D eigenvalue weighted by atomic mass is 9.63. The number of aliphatic hydroxyl groups excluding tert-OH is 2. The lowest BCUT2D eigenvalue weighted by Gasteiger charge is -2.52. The van der Waals surface area contributed by atoms with Gasteiger partial charge in [-0.3, -0.25) is 0 Å². The summed E-state index contributed by atoms with van der Waals surface area (Å²) >= 11 is 6.86. The Morgan fingerprint density at radius 2 is 1.20 bits per heavy atom. The van der Waals surface area contributed by atoms with Crippen LogP contribution in [0.4, 0.5) is 0 Å². The van der Waals surface area contributed by atoms with E-state index in [2.05, 4.69) is 0 Å². The Morgan fingerprint density at radius 3 is 1.76 bits per heavy atom. The topological polar surface area (TPSA) is 77.4 Å². The average Bonchev–Trinajstić information content (AvgIpc) is 3.36. The number of hydrogen-bond acceptors (Lipinski definition) is 6. The van der Waals surface area contributed by atoms with Crippen LogP contribution in [0.5, 0.6) is 5.75 Å². The first-order valence-corrected chi connectivity index (χ1v) is 18.2. The summed E-state index contributed by atoms with van der Waals surface area (Å²) in [7, 11) is 0.